The molecule has 3 aliphatic rings. The van der Waals surface area contributed by atoms with Crippen molar-refractivity contribution < 1.29 is 27.8 Å². The number of benzene rings is 2. The largest absolute Gasteiger partial charge is 0.485 e. The minimum Gasteiger partial charge on any atom is -0.485 e. The molecule has 4 aromatic rings. The van der Waals surface area contributed by atoms with E-state index < -0.39 is 18.6 Å². The van der Waals surface area contributed by atoms with Crippen molar-refractivity contribution in [3.05, 3.63) is 35.0 Å². The average molecular weight is 726 g/mol. The van der Waals surface area contributed by atoms with E-state index in [0.717, 1.165) is 67.3 Å². The van der Waals surface area contributed by atoms with Crippen LogP contribution in [0, 0.1) is 12.3 Å². The van der Waals surface area contributed by atoms with Crippen LogP contribution < -0.4 is 14.4 Å². The Kier molecular flexibility index (Phi) is 9.64. The number of alkyl halides is 2. The molecule has 1 amide bonds. The maximum Gasteiger partial charge on any atom is 0.410 e. The molecule has 0 saturated carbocycles. The van der Waals surface area contributed by atoms with Gasteiger partial charge >= 0.3 is 12.1 Å². The molecule has 0 radical (unpaired) electrons. The number of carbonyl (C=O) groups excluding carboxylic acids is 1. The van der Waals surface area contributed by atoms with E-state index in [4.69, 9.17) is 35.8 Å². The summed E-state index contributed by atoms with van der Waals surface area (Å²) in [6.07, 6.45) is 1.94. The lowest BCUT2D eigenvalue weighted by Crippen LogP contribution is -2.62. The van der Waals surface area contributed by atoms with Crippen LogP contribution in [-0.4, -0.2) is 107 Å². The Balaban J connectivity index is 1.28. The van der Waals surface area contributed by atoms with Crippen LogP contribution in [0.1, 0.15) is 58.9 Å². The van der Waals surface area contributed by atoms with Gasteiger partial charge in [-0.25, -0.2) is 13.6 Å². The number of nitrogens with one attached hydrogen (secondary N) is 1. The van der Waals surface area contributed by atoms with E-state index in [2.05, 4.69) is 26.9 Å². The third-order valence-electron chi connectivity index (χ3n) is 10.4. The highest BCUT2D eigenvalue weighted by molar-refractivity contribution is 6.35. The summed E-state index contributed by atoms with van der Waals surface area (Å²) >= 11 is 7.14. The normalized spacial score (nSPS) is 18.5. The summed E-state index contributed by atoms with van der Waals surface area (Å²) in [4.78, 5) is 28.9. The fourth-order valence-electron chi connectivity index (χ4n) is 7.66. The molecule has 3 saturated heterocycles. The second-order valence-corrected chi connectivity index (χ2v) is 15.6. The monoisotopic (exact) mass is 725 g/mol. The molecule has 0 atom stereocenters. The number of halogens is 3. The van der Waals surface area contributed by atoms with Crippen molar-refractivity contribution in [2.75, 3.05) is 57.3 Å². The van der Waals surface area contributed by atoms with Gasteiger partial charge in [0.25, 0.3) is 6.43 Å². The highest BCUT2D eigenvalue weighted by Crippen LogP contribution is 2.49. The third-order valence-corrected chi connectivity index (χ3v) is 10.7. The number of hydrogen-bond donors (Lipinski definition) is 1. The molecule has 0 aliphatic carbocycles. The number of H-pyrrole nitrogens is 1. The summed E-state index contributed by atoms with van der Waals surface area (Å²) in [5, 5.41) is 8.93. The SMILES string of the molecule is CCN1CCC(Oc2nc(N3CCC4(CC3)CN(C(=O)OC(C)(C)C)C4)c3cc(Cl)c(-c4c(C)ccc5[nH]ncc45)c(OCC(F)F)c3n2)CC1. The first-order valence-electron chi connectivity index (χ1n) is 17.8. The van der Waals surface area contributed by atoms with E-state index in [1.807, 2.05) is 45.9 Å². The Bertz CT molecular complexity index is 1910. The molecule has 14 heteroatoms. The lowest BCUT2D eigenvalue weighted by molar-refractivity contribution is -0.0434. The zero-order valence-electron chi connectivity index (χ0n) is 29.9. The first kappa shape index (κ1) is 35.4. The Morgan fingerprint density at radius 3 is 2.47 bits per heavy atom. The zero-order chi connectivity index (χ0) is 36.1. The molecule has 5 heterocycles. The predicted octanol–water partition coefficient (Wildman–Crippen LogP) is 7.48. The maximum absolute atomic E-state index is 13.9. The van der Waals surface area contributed by atoms with Crippen LogP contribution in [0.5, 0.6) is 11.8 Å². The number of aromatic nitrogens is 4. The Labute approximate surface area is 301 Å². The highest BCUT2D eigenvalue weighted by atomic mass is 35.5. The topological polar surface area (TPSA) is 109 Å². The van der Waals surface area contributed by atoms with E-state index in [-0.39, 0.29) is 29.4 Å². The first-order valence-corrected chi connectivity index (χ1v) is 18.2. The molecular formula is C37H46ClF2N7O4. The number of aromatic amines is 1. The van der Waals surface area contributed by atoms with E-state index in [9.17, 15) is 13.6 Å². The van der Waals surface area contributed by atoms with Crippen molar-refractivity contribution in [1.82, 2.24) is 30.0 Å². The van der Waals surface area contributed by atoms with Gasteiger partial charge in [-0.15, -0.1) is 0 Å². The van der Waals surface area contributed by atoms with Crippen molar-refractivity contribution in [3.63, 3.8) is 0 Å². The third kappa shape index (κ3) is 7.24. The summed E-state index contributed by atoms with van der Waals surface area (Å²) in [6.45, 7) is 14.3. The molecule has 3 fully saturated rings. The van der Waals surface area contributed by atoms with Gasteiger partial charge in [0.2, 0.25) is 0 Å². The van der Waals surface area contributed by atoms with Crippen LogP contribution in [0.3, 0.4) is 0 Å². The standard InChI is InChI=1S/C37H46ClF2N7O4/c1-6-45-13-9-23(10-14-45)50-34-42-31-24(33(43-34)46-15-11-37(12-16-46)20-47(21-37)35(48)51-36(3,4)5)17-26(38)30(32(31)49-19-28(39)40)29-22(2)7-8-27-25(29)18-41-44-27/h7-8,17-18,23,28H,6,9-16,19-21H2,1-5H3,(H,41,44). The second-order valence-electron chi connectivity index (χ2n) is 15.2. The molecule has 3 aliphatic heterocycles. The summed E-state index contributed by atoms with van der Waals surface area (Å²) in [5.41, 5.74) is 2.67. The Hall–Kier alpha value is -3.97. The molecule has 11 nitrogen and oxygen atoms in total. The van der Waals surface area contributed by atoms with Crippen LogP contribution in [0.25, 0.3) is 32.9 Å². The number of nitrogens with zero attached hydrogens (tertiary/aromatic N) is 6. The summed E-state index contributed by atoms with van der Waals surface area (Å²) in [6, 6.07) is 5.85. The lowest BCUT2D eigenvalue weighted by atomic mass is 9.72. The second kappa shape index (κ2) is 13.9. The van der Waals surface area contributed by atoms with E-state index in [1.165, 1.54) is 0 Å². The van der Waals surface area contributed by atoms with Crippen LogP contribution in [0.15, 0.2) is 24.4 Å². The minimum absolute atomic E-state index is 0.0000292. The molecule has 51 heavy (non-hydrogen) atoms. The molecule has 274 valence electrons. The number of ether oxygens (including phenoxy) is 3. The minimum atomic E-state index is -2.72. The van der Waals surface area contributed by atoms with Gasteiger partial charge < -0.3 is 28.9 Å². The molecule has 7 rings (SSSR count). The van der Waals surface area contributed by atoms with Gasteiger partial charge in [0.15, 0.2) is 5.75 Å². The fourth-order valence-corrected chi connectivity index (χ4v) is 7.95. The van der Waals surface area contributed by atoms with Crippen molar-refractivity contribution in [2.45, 2.75) is 78.4 Å². The average Bonchev–Trinajstić information content (AvgIpc) is 3.55. The quantitative estimate of drug-likeness (QED) is 0.198. The molecule has 0 unspecified atom stereocenters. The Morgan fingerprint density at radius 2 is 1.80 bits per heavy atom. The Morgan fingerprint density at radius 1 is 1.08 bits per heavy atom. The van der Waals surface area contributed by atoms with Gasteiger partial charge in [-0.2, -0.15) is 15.1 Å². The summed E-state index contributed by atoms with van der Waals surface area (Å²) in [5.74, 6) is 0.775. The predicted molar refractivity (Wildman–Crippen MR) is 193 cm³/mol. The van der Waals surface area contributed by atoms with Crippen LogP contribution in [0.2, 0.25) is 5.02 Å². The van der Waals surface area contributed by atoms with Crippen molar-refractivity contribution in [2.24, 2.45) is 5.41 Å². The van der Waals surface area contributed by atoms with Gasteiger partial charge in [-0.3, -0.25) is 5.10 Å². The molecule has 2 aromatic carbocycles. The molecule has 0 bridgehead atoms. The van der Waals surface area contributed by atoms with Crippen molar-refractivity contribution in [3.8, 4) is 22.9 Å². The number of aryl methyl sites for hydroxylation is 1. The van der Waals surface area contributed by atoms with Gasteiger partial charge in [-0.1, -0.05) is 24.6 Å². The highest BCUT2D eigenvalue weighted by Gasteiger charge is 2.48. The molecular weight excluding hydrogens is 680 g/mol. The number of anilines is 1. The number of piperidine rings is 2. The summed E-state index contributed by atoms with van der Waals surface area (Å²) in [7, 11) is 0. The van der Waals surface area contributed by atoms with Crippen LogP contribution >= 0.6 is 11.6 Å². The number of hydrogen-bond acceptors (Lipinski definition) is 9. The maximum atomic E-state index is 13.9. The lowest BCUT2D eigenvalue weighted by Gasteiger charge is -2.53. The zero-order valence-corrected chi connectivity index (χ0v) is 30.7. The summed E-state index contributed by atoms with van der Waals surface area (Å²) < 4.78 is 45.8. The van der Waals surface area contributed by atoms with Gasteiger partial charge in [-0.05, 0) is 77.6 Å². The molecule has 2 aromatic heterocycles. The van der Waals surface area contributed by atoms with E-state index >= 15 is 0 Å². The van der Waals surface area contributed by atoms with Gasteiger partial charge in [0.1, 0.15) is 29.6 Å². The van der Waals surface area contributed by atoms with Crippen LogP contribution in [-0.2, 0) is 4.74 Å². The number of amides is 1. The molecule has 1 spiro atoms. The van der Waals surface area contributed by atoms with E-state index in [1.54, 1.807) is 11.1 Å². The number of rotatable bonds is 8. The van der Waals surface area contributed by atoms with Gasteiger partial charge in [0, 0.05) is 66.6 Å². The van der Waals surface area contributed by atoms with Crippen molar-refractivity contribution >= 4 is 45.3 Å². The van der Waals surface area contributed by atoms with Crippen molar-refractivity contribution in [1.29, 1.82) is 0 Å². The van der Waals surface area contributed by atoms with E-state index in [0.29, 0.717) is 53.5 Å². The van der Waals surface area contributed by atoms with Crippen LogP contribution in [0.4, 0.5) is 19.4 Å². The smallest absolute Gasteiger partial charge is 0.410 e. The number of likely N-dealkylation sites (tertiary alicyclic amines) is 2. The number of carbonyl (C=O) groups is 1. The number of fused-ring (bicyclic) bond motifs is 2. The first-order chi connectivity index (χ1) is 24.3. The molecule has 1 N–H and O–H groups in total. The fraction of sp³-hybridized carbons (Fsp3) is 0.568. The van der Waals surface area contributed by atoms with Gasteiger partial charge in [0.05, 0.1) is 16.7 Å².